The van der Waals surface area contributed by atoms with Crippen LogP contribution < -0.4 is 10.5 Å². The number of hydrogen-bond donors (Lipinski definition) is 3. The Labute approximate surface area is 149 Å². The van der Waals surface area contributed by atoms with Crippen molar-refractivity contribution in [1.29, 1.82) is 0 Å². The van der Waals surface area contributed by atoms with Crippen LogP contribution in [0.4, 0.5) is 18.9 Å². The Morgan fingerprint density at radius 1 is 1.38 bits per heavy atom. The van der Waals surface area contributed by atoms with Crippen LogP contribution in [0, 0.1) is 0 Å². The molecule has 0 unspecified atom stereocenters. The molecule has 0 amide bonds. The first kappa shape index (κ1) is 20.5. The van der Waals surface area contributed by atoms with Gasteiger partial charge >= 0.3 is 12.1 Å². The Morgan fingerprint density at radius 3 is 2.46 bits per heavy atom. The SMILES string of the molecule is CCN(CC(=O)O)C1CC(Nc2ccc(S(N)(=O)=O)cc2C(F)(F)F)C1. The number of benzene rings is 1. The lowest BCUT2D eigenvalue weighted by molar-refractivity contribution is -0.139. The van der Waals surface area contributed by atoms with Gasteiger partial charge in [0, 0.05) is 17.8 Å². The standard InChI is InChI=1S/C15H20F3N3O4S/c1-2-21(8-14(22)23)10-5-9(6-10)20-13-4-3-11(26(19,24)25)7-12(13)15(16,17)18/h3-4,7,9-10,20H,2,5-6,8H2,1H3,(H,22,23)(H2,19,24,25). The maximum absolute atomic E-state index is 13.2. The van der Waals surface area contributed by atoms with E-state index in [1.165, 1.54) is 0 Å². The van der Waals surface area contributed by atoms with Crippen molar-refractivity contribution in [3.8, 4) is 0 Å². The molecule has 0 spiro atoms. The van der Waals surface area contributed by atoms with Gasteiger partial charge in [0.2, 0.25) is 10.0 Å². The first-order chi connectivity index (χ1) is 11.9. The van der Waals surface area contributed by atoms with Gasteiger partial charge in [-0.15, -0.1) is 0 Å². The van der Waals surface area contributed by atoms with Gasteiger partial charge in [0.15, 0.2) is 0 Å². The second-order valence-electron chi connectivity index (χ2n) is 6.17. The number of hydrogen-bond acceptors (Lipinski definition) is 5. The minimum Gasteiger partial charge on any atom is -0.480 e. The van der Waals surface area contributed by atoms with Crippen molar-refractivity contribution >= 4 is 21.7 Å². The predicted octanol–water partition coefficient (Wildman–Crippen LogP) is 1.70. The second-order valence-corrected chi connectivity index (χ2v) is 7.73. The molecule has 0 saturated heterocycles. The van der Waals surface area contributed by atoms with Gasteiger partial charge in [0.25, 0.3) is 0 Å². The minimum absolute atomic E-state index is 0.0216. The summed E-state index contributed by atoms with van der Waals surface area (Å²) in [5.41, 5.74) is -1.33. The zero-order valence-electron chi connectivity index (χ0n) is 14.0. The monoisotopic (exact) mass is 395 g/mol. The van der Waals surface area contributed by atoms with Crippen molar-refractivity contribution in [3.63, 3.8) is 0 Å². The fourth-order valence-corrected chi connectivity index (χ4v) is 3.50. The summed E-state index contributed by atoms with van der Waals surface area (Å²) in [7, 11) is -4.25. The topological polar surface area (TPSA) is 113 Å². The lowest BCUT2D eigenvalue weighted by Gasteiger charge is -2.43. The number of nitrogens with one attached hydrogen (secondary N) is 1. The molecular formula is C15H20F3N3O4S. The fraction of sp³-hybridized carbons (Fsp3) is 0.533. The third-order valence-electron chi connectivity index (χ3n) is 4.36. The minimum atomic E-state index is -4.75. The van der Waals surface area contributed by atoms with Crippen LogP contribution in [-0.2, 0) is 21.0 Å². The zero-order chi connectivity index (χ0) is 19.7. The second kappa shape index (κ2) is 7.41. The van der Waals surface area contributed by atoms with Crippen LogP contribution in [0.25, 0.3) is 0 Å². The summed E-state index contributed by atoms with van der Waals surface area (Å²) >= 11 is 0. The largest absolute Gasteiger partial charge is 0.480 e. The molecular weight excluding hydrogens is 375 g/mol. The number of carbonyl (C=O) groups is 1. The Kier molecular flexibility index (Phi) is 5.83. The molecule has 0 aromatic heterocycles. The number of alkyl halides is 3. The molecule has 26 heavy (non-hydrogen) atoms. The highest BCUT2D eigenvalue weighted by Gasteiger charge is 2.38. The van der Waals surface area contributed by atoms with Gasteiger partial charge in [-0.3, -0.25) is 9.69 Å². The zero-order valence-corrected chi connectivity index (χ0v) is 14.8. The van der Waals surface area contributed by atoms with Crippen molar-refractivity contribution in [1.82, 2.24) is 4.90 Å². The van der Waals surface area contributed by atoms with E-state index in [9.17, 15) is 26.4 Å². The summed E-state index contributed by atoms with van der Waals surface area (Å²) in [4.78, 5) is 11.9. The molecule has 4 N–H and O–H groups in total. The molecule has 1 aromatic carbocycles. The van der Waals surface area contributed by atoms with Crippen LogP contribution in [0.1, 0.15) is 25.3 Å². The van der Waals surface area contributed by atoms with Gasteiger partial charge in [-0.05, 0) is 37.6 Å². The van der Waals surface area contributed by atoms with Crippen LogP contribution in [0.2, 0.25) is 0 Å². The number of halogens is 3. The number of nitrogens with zero attached hydrogens (tertiary/aromatic N) is 1. The van der Waals surface area contributed by atoms with E-state index in [0.717, 1.165) is 12.1 Å². The van der Waals surface area contributed by atoms with Gasteiger partial charge in [0.05, 0.1) is 17.0 Å². The van der Waals surface area contributed by atoms with E-state index in [1.54, 1.807) is 4.90 Å². The molecule has 1 aliphatic carbocycles. The predicted molar refractivity (Wildman–Crippen MR) is 88.1 cm³/mol. The maximum Gasteiger partial charge on any atom is 0.418 e. The number of nitrogens with two attached hydrogens (primary N) is 1. The number of rotatable bonds is 7. The number of likely N-dealkylation sites (N-methyl/N-ethyl adjacent to an activating group) is 1. The average molecular weight is 395 g/mol. The van der Waals surface area contributed by atoms with E-state index in [2.05, 4.69) is 5.32 Å². The van der Waals surface area contributed by atoms with E-state index in [4.69, 9.17) is 10.2 Å². The third kappa shape index (κ3) is 4.86. The van der Waals surface area contributed by atoms with E-state index in [1.807, 2.05) is 6.92 Å². The molecule has 146 valence electrons. The van der Waals surface area contributed by atoms with E-state index >= 15 is 0 Å². The number of carboxylic acid groups (broad SMARTS) is 1. The Hall–Kier alpha value is -1.85. The lowest BCUT2D eigenvalue weighted by Crippen LogP contribution is -2.51. The highest BCUT2D eigenvalue weighted by molar-refractivity contribution is 7.89. The van der Waals surface area contributed by atoms with E-state index < -0.39 is 32.6 Å². The van der Waals surface area contributed by atoms with Crippen LogP contribution in [0.15, 0.2) is 23.1 Å². The summed E-state index contributed by atoms with van der Waals surface area (Å²) in [6, 6.07) is 2.29. The van der Waals surface area contributed by atoms with Gasteiger partial charge in [-0.25, -0.2) is 13.6 Å². The molecule has 1 fully saturated rings. The van der Waals surface area contributed by atoms with Crippen molar-refractivity contribution in [3.05, 3.63) is 23.8 Å². The lowest BCUT2D eigenvalue weighted by atomic mass is 9.85. The van der Waals surface area contributed by atoms with Crippen molar-refractivity contribution < 1.29 is 31.5 Å². The van der Waals surface area contributed by atoms with E-state index in [0.29, 0.717) is 25.5 Å². The van der Waals surface area contributed by atoms with Crippen molar-refractivity contribution in [2.24, 2.45) is 5.14 Å². The smallest absolute Gasteiger partial charge is 0.418 e. The third-order valence-corrected chi connectivity index (χ3v) is 5.27. The van der Waals surface area contributed by atoms with Gasteiger partial charge in [0.1, 0.15) is 0 Å². The summed E-state index contributed by atoms with van der Waals surface area (Å²) < 4.78 is 62.3. The molecule has 0 atom stereocenters. The molecule has 1 aromatic rings. The van der Waals surface area contributed by atoms with Gasteiger partial charge < -0.3 is 10.4 Å². The molecule has 1 saturated carbocycles. The average Bonchev–Trinajstić information content (AvgIpc) is 2.46. The Morgan fingerprint density at radius 2 is 2.00 bits per heavy atom. The number of aliphatic carboxylic acids is 1. The van der Waals surface area contributed by atoms with Crippen molar-refractivity contribution in [2.75, 3.05) is 18.4 Å². The molecule has 0 bridgehead atoms. The molecule has 0 radical (unpaired) electrons. The summed E-state index contributed by atoms with van der Waals surface area (Å²) in [5.74, 6) is -0.957. The van der Waals surface area contributed by atoms with E-state index in [-0.39, 0.29) is 24.3 Å². The highest BCUT2D eigenvalue weighted by Crippen LogP contribution is 2.38. The summed E-state index contributed by atoms with van der Waals surface area (Å²) in [6.45, 7) is 2.22. The van der Waals surface area contributed by atoms with Crippen LogP contribution >= 0.6 is 0 Å². The molecule has 0 heterocycles. The van der Waals surface area contributed by atoms with Crippen LogP contribution in [-0.4, -0.2) is 49.6 Å². The Bertz CT molecular complexity index is 777. The first-order valence-electron chi connectivity index (χ1n) is 7.88. The number of primary sulfonamides is 1. The molecule has 1 aliphatic rings. The molecule has 11 heteroatoms. The normalized spacial score (nSPS) is 20.7. The highest BCUT2D eigenvalue weighted by atomic mass is 32.2. The molecule has 2 rings (SSSR count). The number of sulfonamides is 1. The van der Waals surface area contributed by atoms with Crippen LogP contribution in [0.3, 0.4) is 0 Å². The molecule has 0 aliphatic heterocycles. The summed E-state index contributed by atoms with van der Waals surface area (Å²) in [6.07, 6.45) is -3.75. The number of carboxylic acids is 1. The fourth-order valence-electron chi connectivity index (χ4n) is 2.96. The van der Waals surface area contributed by atoms with Crippen molar-refractivity contribution in [2.45, 2.75) is 42.9 Å². The maximum atomic E-state index is 13.2. The summed E-state index contributed by atoms with van der Waals surface area (Å²) in [5, 5.41) is 16.5. The first-order valence-corrected chi connectivity index (χ1v) is 9.43. The van der Waals surface area contributed by atoms with Crippen LogP contribution in [0.5, 0.6) is 0 Å². The molecule has 7 nitrogen and oxygen atoms in total. The quantitative estimate of drug-likeness (QED) is 0.648. The van der Waals surface area contributed by atoms with Gasteiger partial charge in [-0.1, -0.05) is 6.92 Å². The number of anilines is 1. The van der Waals surface area contributed by atoms with Gasteiger partial charge in [-0.2, -0.15) is 13.2 Å². The Balaban J connectivity index is 2.12.